The number of likely N-dealkylation sites (tertiary alicyclic amines) is 1. The molecule has 6 heteroatoms. The summed E-state index contributed by atoms with van der Waals surface area (Å²) in [4.78, 5) is 35.8. The van der Waals surface area contributed by atoms with Crippen molar-refractivity contribution in [1.29, 1.82) is 0 Å². The standard InChI is InChI=1S/C13H12N2O4/c1-2-14-8-7-10(13(14)17)12(16)9-5-3-4-6-11(9)15(18)19/h2-6,10H,1,7-8H2. The summed E-state index contributed by atoms with van der Waals surface area (Å²) in [5.74, 6) is -1.70. The fourth-order valence-electron chi connectivity index (χ4n) is 2.16. The molecule has 1 amide bonds. The lowest BCUT2D eigenvalue weighted by Crippen LogP contribution is -2.26. The highest BCUT2D eigenvalue weighted by atomic mass is 16.6. The number of ketones is 1. The highest BCUT2D eigenvalue weighted by Crippen LogP contribution is 2.27. The van der Waals surface area contributed by atoms with E-state index >= 15 is 0 Å². The summed E-state index contributed by atoms with van der Waals surface area (Å²) in [6.07, 6.45) is 1.73. The molecule has 0 spiro atoms. The Hall–Kier alpha value is -2.50. The van der Waals surface area contributed by atoms with Crippen LogP contribution in [0.15, 0.2) is 37.0 Å². The number of rotatable bonds is 4. The third-order valence-electron chi connectivity index (χ3n) is 3.14. The van der Waals surface area contributed by atoms with Gasteiger partial charge in [-0.1, -0.05) is 18.7 Å². The summed E-state index contributed by atoms with van der Waals surface area (Å²) in [5.41, 5.74) is -0.283. The smallest absolute Gasteiger partial charge is 0.280 e. The van der Waals surface area contributed by atoms with Gasteiger partial charge in [0, 0.05) is 12.6 Å². The summed E-state index contributed by atoms with van der Waals surface area (Å²) in [6.45, 7) is 3.91. The maximum absolute atomic E-state index is 12.3. The Bertz CT molecular complexity index is 568. The van der Waals surface area contributed by atoms with Crippen LogP contribution < -0.4 is 0 Å². The van der Waals surface area contributed by atoms with E-state index in [-0.39, 0.29) is 17.2 Å². The van der Waals surface area contributed by atoms with Gasteiger partial charge >= 0.3 is 0 Å². The van der Waals surface area contributed by atoms with Crippen LogP contribution >= 0.6 is 0 Å². The summed E-state index contributed by atoms with van der Waals surface area (Å²) in [6, 6.07) is 5.68. The molecule has 0 radical (unpaired) electrons. The van der Waals surface area contributed by atoms with Gasteiger partial charge in [0.15, 0.2) is 5.78 Å². The van der Waals surface area contributed by atoms with Gasteiger partial charge in [-0.05, 0) is 18.7 Å². The molecule has 1 fully saturated rings. The molecule has 1 aliphatic rings. The van der Waals surface area contributed by atoms with E-state index < -0.39 is 16.6 Å². The third kappa shape index (κ3) is 2.24. The Kier molecular flexibility index (Phi) is 3.41. The quantitative estimate of drug-likeness (QED) is 0.357. The number of Topliss-reactive ketones (excluding diaryl/α,β-unsaturated/α-hetero) is 1. The van der Waals surface area contributed by atoms with Crippen LogP contribution in [-0.2, 0) is 4.79 Å². The molecule has 98 valence electrons. The first-order valence-corrected chi connectivity index (χ1v) is 5.77. The molecule has 1 aliphatic heterocycles. The van der Waals surface area contributed by atoms with Crippen molar-refractivity contribution in [2.45, 2.75) is 6.42 Å². The minimum atomic E-state index is -0.848. The SMILES string of the molecule is C=CN1CCC(C(=O)c2ccccc2[N+](=O)[O-])C1=O. The molecule has 6 nitrogen and oxygen atoms in total. The molecule has 2 rings (SSSR count). The Morgan fingerprint density at radius 1 is 1.47 bits per heavy atom. The predicted octanol–water partition coefficient (Wildman–Crippen LogP) is 1.77. The first-order valence-electron chi connectivity index (χ1n) is 5.77. The molecule has 1 aromatic rings. The third-order valence-corrected chi connectivity index (χ3v) is 3.14. The average Bonchev–Trinajstić information content (AvgIpc) is 2.79. The summed E-state index contributed by atoms with van der Waals surface area (Å²) < 4.78 is 0. The lowest BCUT2D eigenvalue weighted by Gasteiger charge is -2.10. The monoisotopic (exact) mass is 260 g/mol. The van der Waals surface area contributed by atoms with Crippen LogP contribution in [0.3, 0.4) is 0 Å². The van der Waals surface area contributed by atoms with Crippen molar-refractivity contribution in [1.82, 2.24) is 4.90 Å². The number of carbonyl (C=O) groups excluding carboxylic acids is 2. The summed E-state index contributed by atoms with van der Waals surface area (Å²) >= 11 is 0. The second-order valence-electron chi connectivity index (χ2n) is 4.19. The Morgan fingerprint density at radius 2 is 2.16 bits per heavy atom. The molecular weight excluding hydrogens is 248 g/mol. The average molecular weight is 260 g/mol. The van der Waals surface area contributed by atoms with Crippen molar-refractivity contribution in [3.8, 4) is 0 Å². The van der Waals surface area contributed by atoms with Crippen molar-refractivity contribution < 1.29 is 14.5 Å². The number of nitrogens with zero attached hydrogens (tertiary/aromatic N) is 2. The lowest BCUT2D eigenvalue weighted by molar-refractivity contribution is -0.385. The minimum Gasteiger partial charge on any atom is -0.319 e. The van der Waals surface area contributed by atoms with Gasteiger partial charge in [-0.25, -0.2) is 0 Å². The molecule has 1 saturated heterocycles. The second-order valence-corrected chi connectivity index (χ2v) is 4.19. The van der Waals surface area contributed by atoms with Gasteiger partial charge in [0.2, 0.25) is 5.91 Å². The van der Waals surface area contributed by atoms with E-state index in [9.17, 15) is 19.7 Å². The Balaban J connectivity index is 2.33. The van der Waals surface area contributed by atoms with Crippen LogP contribution in [0.1, 0.15) is 16.8 Å². The number of nitro groups is 1. The zero-order valence-electron chi connectivity index (χ0n) is 10.1. The molecule has 1 atom stereocenters. The van der Waals surface area contributed by atoms with Crippen LogP contribution in [0.4, 0.5) is 5.69 Å². The molecule has 0 N–H and O–H groups in total. The van der Waals surface area contributed by atoms with Gasteiger partial charge in [0.1, 0.15) is 5.92 Å². The van der Waals surface area contributed by atoms with Crippen molar-refractivity contribution in [3.05, 3.63) is 52.7 Å². The molecular formula is C13H12N2O4. The normalized spacial score (nSPS) is 18.4. The zero-order chi connectivity index (χ0) is 14.0. The first-order chi connectivity index (χ1) is 9.06. The molecule has 0 aromatic heterocycles. The van der Waals surface area contributed by atoms with E-state index in [1.807, 2.05) is 0 Å². The number of hydrogen-bond donors (Lipinski definition) is 0. The van der Waals surface area contributed by atoms with E-state index in [1.165, 1.54) is 29.3 Å². The molecule has 0 bridgehead atoms. The fourth-order valence-corrected chi connectivity index (χ4v) is 2.16. The number of benzene rings is 1. The maximum atomic E-state index is 12.3. The van der Waals surface area contributed by atoms with E-state index in [0.717, 1.165) is 0 Å². The van der Waals surface area contributed by atoms with Crippen molar-refractivity contribution in [2.75, 3.05) is 6.54 Å². The van der Waals surface area contributed by atoms with Crippen LogP contribution in [0.2, 0.25) is 0 Å². The van der Waals surface area contributed by atoms with E-state index in [1.54, 1.807) is 6.07 Å². The molecule has 0 aliphatic carbocycles. The van der Waals surface area contributed by atoms with Crippen LogP contribution in [0.5, 0.6) is 0 Å². The van der Waals surface area contributed by atoms with Gasteiger partial charge in [0.05, 0.1) is 10.5 Å². The second kappa shape index (κ2) is 5.01. The highest BCUT2D eigenvalue weighted by molar-refractivity contribution is 6.12. The number of nitro benzene ring substituents is 1. The predicted molar refractivity (Wildman–Crippen MR) is 67.4 cm³/mol. The van der Waals surface area contributed by atoms with Gasteiger partial charge in [-0.2, -0.15) is 0 Å². The topological polar surface area (TPSA) is 80.5 Å². The van der Waals surface area contributed by atoms with Gasteiger partial charge in [0.25, 0.3) is 5.69 Å². The zero-order valence-corrected chi connectivity index (χ0v) is 10.1. The van der Waals surface area contributed by atoms with E-state index in [0.29, 0.717) is 13.0 Å². The minimum absolute atomic E-state index is 0.0169. The van der Waals surface area contributed by atoms with Crippen molar-refractivity contribution >= 4 is 17.4 Å². The molecule has 19 heavy (non-hydrogen) atoms. The Morgan fingerprint density at radius 3 is 2.74 bits per heavy atom. The number of amides is 1. The number of carbonyl (C=O) groups is 2. The largest absolute Gasteiger partial charge is 0.319 e. The molecule has 0 saturated carbocycles. The Labute approximate surface area is 109 Å². The van der Waals surface area contributed by atoms with Gasteiger partial charge in [-0.15, -0.1) is 0 Å². The fraction of sp³-hybridized carbons (Fsp3) is 0.231. The lowest BCUT2D eigenvalue weighted by atomic mass is 9.95. The number of hydrogen-bond acceptors (Lipinski definition) is 4. The van der Waals surface area contributed by atoms with Crippen LogP contribution in [0, 0.1) is 16.0 Å². The van der Waals surface area contributed by atoms with E-state index in [4.69, 9.17) is 0 Å². The summed E-state index contributed by atoms with van der Waals surface area (Å²) in [5, 5.41) is 10.9. The maximum Gasteiger partial charge on any atom is 0.280 e. The molecule has 1 aromatic carbocycles. The van der Waals surface area contributed by atoms with Gasteiger partial charge < -0.3 is 4.90 Å². The molecule has 1 heterocycles. The van der Waals surface area contributed by atoms with E-state index in [2.05, 4.69) is 6.58 Å². The molecule has 1 unspecified atom stereocenters. The number of para-hydroxylation sites is 1. The van der Waals surface area contributed by atoms with Crippen LogP contribution in [-0.4, -0.2) is 28.1 Å². The van der Waals surface area contributed by atoms with Crippen molar-refractivity contribution in [3.63, 3.8) is 0 Å². The summed E-state index contributed by atoms with van der Waals surface area (Å²) in [7, 11) is 0. The highest BCUT2D eigenvalue weighted by Gasteiger charge is 2.38. The van der Waals surface area contributed by atoms with Gasteiger partial charge in [-0.3, -0.25) is 19.7 Å². The first kappa shape index (κ1) is 12.9. The van der Waals surface area contributed by atoms with Crippen molar-refractivity contribution in [2.24, 2.45) is 5.92 Å². The van der Waals surface area contributed by atoms with Crippen LogP contribution in [0.25, 0.3) is 0 Å².